The molecule has 0 atom stereocenters. The largest absolute Gasteiger partial charge is 0.457 e. The Bertz CT molecular complexity index is 589. The molecule has 1 heterocycles. The molecule has 0 radical (unpaired) electrons. The van der Waals surface area contributed by atoms with Gasteiger partial charge in [-0.1, -0.05) is 25.1 Å². The first-order valence-corrected chi connectivity index (χ1v) is 6.15. The topological polar surface area (TPSA) is 103 Å². The molecular formula is C13H15N5O2. The number of hydrogen-bond donors (Lipinski definition) is 2. The molecule has 0 saturated carbocycles. The van der Waals surface area contributed by atoms with Crippen LogP contribution in [0, 0.1) is 0 Å². The molecule has 104 valence electrons. The maximum absolute atomic E-state index is 11.1. The van der Waals surface area contributed by atoms with E-state index in [1.54, 1.807) is 6.92 Å². The van der Waals surface area contributed by atoms with Crippen LogP contribution in [-0.4, -0.2) is 20.9 Å². The number of nitrogens with two attached hydrogens (primary N) is 1. The van der Waals surface area contributed by atoms with Crippen molar-refractivity contribution < 1.29 is 9.53 Å². The number of nitrogens with one attached hydrogen (secondary N) is 1. The number of anilines is 3. The van der Waals surface area contributed by atoms with Crippen LogP contribution in [0.4, 0.5) is 17.6 Å². The molecule has 2 aromatic rings. The summed E-state index contributed by atoms with van der Waals surface area (Å²) in [7, 11) is 0. The lowest BCUT2D eigenvalue weighted by molar-refractivity contribution is -0.144. The van der Waals surface area contributed by atoms with Gasteiger partial charge in [-0.15, -0.1) is 0 Å². The molecule has 0 spiro atoms. The van der Waals surface area contributed by atoms with Gasteiger partial charge in [-0.2, -0.15) is 15.0 Å². The van der Waals surface area contributed by atoms with Crippen LogP contribution in [0.5, 0.6) is 0 Å². The average Bonchev–Trinajstić information content (AvgIpc) is 2.45. The minimum atomic E-state index is -0.318. The molecule has 3 N–H and O–H groups in total. The monoisotopic (exact) mass is 273 g/mol. The molecule has 20 heavy (non-hydrogen) atoms. The van der Waals surface area contributed by atoms with Gasteiger partial charge in [0.2, 0.25) is 11.9 Å². The number of aromatic nitrogens is 3. The van der Waals surface area contributed by atoms with Crippen molar-refractivity contribution in [2.75, 3.05) is 11.1 Å². The van der Waals surface area contributed by atoms with Gasteiger partial charge < -0.3 is 15.8 Å². The molecule has 0 amide bonds. The number of rotatable bonds is 5. The fourth-order valence-corrected chi connectivity index (χ4v) is 1.46. The van der Waals surface area contributed by atoms with Crippen LogP contribution in [0.15, 0.2) is 30.3 Å². The van der Waals surface area contributed by atoms with Crippen molar-refractivity contribution in [1.82, 2.24) is 15.0 Å². The van der Waals surface area contributed by atoms with Gasteiger partial charge in [-0.3, -0.25) is 4.79 Å². The molecule has 7 nitrogen and oxygen atoms in total. The minimum absolute atomic E-state index is 0.0249. The van der Waals surface area contributed by atoms with Crippen LogP contribution in [0.1, 0.15) is 19.2 Å². The van der Waals surface area contributed by atoms with Crippen molar-refractivity contribution in [2.24, 2.45) is 0 Å². The Morgan fingerprint density at radius 2 is 2.00 bits per heavy atom. The lowest BCUT2D eigenvalue weighted by Crippen LogP contribution is -2.10. The molecule has 0 unspecified atom stereocenters. The van der Waals surface area contributed by atoms with Gasteiger partial charge in [0.1, 0.15) is 0 Å². The molecule has 2 rings (SSSR count). The summed E-state index contributed by atoms with van der Waals surface area (Å²) in [5.74, 6) is 0.367. The average molecular weight is 273 g/mol. The second-order valence-electron chi connectivity index (χ2n) is 3.94. The summed E-state index contributed by atoms with van der Waals surface area (Å²) < 4.78 is 4.96. The number of hydrogen-bond acceptors (Lipinski definition) is 7. The first kappa shape index (κ1) is 13.7. The van der Waals surface area contributed by atoms with E-state index in [-0.39, 0.29) is 18.5 Å². The predicted octanol–water partition coefficient (Wildman–Crippen LogP) is 1.65. The van der Waals surface area contributed by atoms with Crippen LogP contribution in [0.2, 0.25) is 0 Å². The number of ether oxygens (including phenoxy) is 1. The van der Waals surface area contributed by atoms with Gasteiger partial charge in [0.05, 0.1) is 0 Å². The number of para-hydroxylation sites is 1. The van der Waals surface area contributed by atoms with Crippen molar-refractivity contribution in [3.63, 3.8) is 0 Å². The van der Waals surface area contributed by atoms with E-state index < -0.39 is 0 Å². The summed E-state index contributed by atoms with van der Waals surface area (Å²) in [4.78, 5) is 23.2. The zero-order valence-corrected chi connectivity index (χ0v) is 11.0. The number of carbonyl (C=O) groups is 1. The third-order valence-corrected chi connectivity index (χ3v) is 2.38. The second-order valence-corrected chi connectivity index (χ2v) is 3.94. The third kappa shape index (κ3) is 3.91. The minimum Gasteiger partial charge on any atom is -0.457 e. The highest BCUT2D eigenvalue weighted by Gasteiger charge is 2.07. The maximum atomic E-state index is 11.1. The highest BCUT2D eigenvalue weighted by molar-refractivity contribution is 5.68. The van der Waals surface area contributed by atoms with Crippen molar-refractivity contribution in [2.45, 2.75) is 20.0 Å². The Labute approximate surface area is 116 Å². The smallest absolute Gasteiger partial charge is 0.305 e. The first-order chi connectivity index (χ1) is 9.67. The van der Waals surface area contributed by atoms with E-state index in [4.69, 9.17) is 10.5 Å². The Hall–Kier alpha value is -2.70. The van der Waals surface area contributed by atoms with Crippen LogP contribution in [-0.2, 0) is 16.1 Å². The van der Waals surface area contributed by atoms with E-state index in [0.29, 0.717) is 18.2 Å². The summed E-state index contributed by atoms with van der Waals surface area (Å²) in [6.45, 7) is 1.69. The number of nitrogens with zero attached hydrogens (tertiary/aromatic N) is 3. The molecule has 1 aromatic heterocycles. The molecule has 0 saturated heterocycles. The molecule has 1 aromatic carbocycles. The van der Waals surface area contributed by atoms with E-state index in [1.165, 1.54) is 0 Å². The van der Waals surface area contributed by atoms with Crippen LogP contribution < -0.4 is 11.1 Å². The lowest BCUT2D eigenvalue weighted by Gasteiger charge is -2.07. The summed E-state index contributed by atoms with van der Waals surface area (Å²) >= 11 is 0. The number of benzene rings is 1. The van der Waals surface area contributed by atoms with Crippen molar-refractivity contribution in [3.8, 4) is 0 Å². The Morgan fingerprint density at radius 1 is 1.25 bits per heavy atom. The standard InChI is InChI=1S/C13H15N5O2/c1-2-11(19)20-8-10-16-12(14)18-13(17-10)15-9-6-4-3-5-7-9/h3-7H,2,8H2,1H3,(H3,14,15,16,17,18). The Balaban J connectivity index is 2.10. The van der Waals surface area contributed by atoms with Crippen molar-refractivity contribution >= 4 is 23.6 Å². The maximum Gasteiger partial charge on any atom is 0.305 e. The van der Waals surface area contributed by atoms with Gasteiger partial charge in [0.25, 0.3) is 0 Å². The van der Waals surface area contributed by atoms with Gasteiger partial charge in [-0.25, -0.2) is 0 Å². The summed E-state index contributed by atoms with van der Waals surface area (Å²) in [6.07, 6.45) is 0.301. The molecule has 0 fully saturated rings. The summed E-state index contributed by atoms with van der Waals surface area (Å²) in [5.41, 5.74) is 6.44. The zero-order valence-electron chi connectivity index (χ0n) is 11.0. The number of carbonyl (C=O) groups excluding carboxylic acids is 1. The van der Waals surface area contributed by atoms with Gasteiger partial charge >= 0.3 is 5.97 Å². The van der Waals surface area contributed by atoms with Gasteiger partial charge in [-0.05, 0) is 12.1 Å². The summed E-state index contributed by atoms with van der Waals surface area (Å²) in [6, 6.07) is 9.42. The highest BCUT2D eigenvalue weighted by Crippen LogP contribution is 2.12. The molecule has 7 heteroatoms. The quantitative estimate of drug-likeness (QED) is 0.798. The number of nitrogen functional groups attached to an aromatic ring is 1. The summed E-state index contributed by atoms with van der Waals surface area (Å²) in [5, 5.41) is 3.00. The van der Waals surface area contributed by atoms with E-state index in [2.05, 4.69) is 20.3 Å². The first-order valence-electron chi connectivity index (χ1n) is 6.15. The predicted molar refractivity (Wildman–Crippen MR) is 74.1 cm³/mol. The highest BCUT2D eigenvalue weighted by atomic mass is 16.5. The molecule has 0 aliphatic carbocycles. The molecular weight excluding hydrogens is 258 g/mol. The molecule has 0 bridgehead atoms. The van der Waals surface area contributed by atoms with E-state index >= 15 is 0 Å². The van der Waals surface area contributed by atoms with E-state index in [9.17, 15) is 4.79 Å². The SMILES string of the molecule is CCC(=O)OCc1nc(N)nc(Nc2ccccc2)n1. The van der Waals surface area contributed by atoms with Crippen molar-refractivity contribution in [1.29, 1.82) is 0 Å². The third-order valence-electron chi connectivity index (χ3n) is 2.38. The molecule has 0 aliphatic heterocycles. The van der Waals surface area contributed by atoms with Crippen LogP contribution in [0.3, 0.4) is 0 Å². The number of esters is 1. The Kier molecular flexibility index (Phi) is 4.43. The molecule has 0 aliphatic rings. The van der Waals surface area contributed by atoms with Gasteiger partial charge in [0, 0.05) is 12.1 Å². The normalized spacial score (nSPS) is 10.1. The Morgan fingerprint density at radius 3 is 2.70 bits per heavy atom. The van der Waals surface area contributed by atoms with E-state index in [1.807, 2.05) is 30.3 Å². The second kappa shape index (κ2) is 6.46. The van der Waals surface area contributed by atoms with Crippen LogP contribution >= 0.6 is 0 Å². The van der Waals surface area contributed by atoms with Crippen molar-refractivity contribution in [3.05, 3.63) is 36.2 Å². The lowest BCUT2D eigenvalue weighted by atomic mass is 10.3. The van der Waals surface area contributed by atoms with E-state index in [0.717, 1.165) is 5.69 Å². The van der Waals surface area contributed by atoms with Gasteiger partial charge in [0.15, 0.2) is 12.4 Å². The fraction of sp³-hybridized carbons (Fsp3) is 0.231. The fourth-order valence-electron chi connectivity index (χ4n) is 1.46. The van der Waals surface area contributed by atoms with Crippen LogP contribution in [0.25, 0.3) is 0 Å². The zero-order chi connectivity index (χ0) is 14.4.